The number of rotatable bonds is 5. The third kappa shape index (κ3) is 2.77. The van der Waals surface area contributed by atoms with E-state index in [9.17, 15) is 5.11 Å². The van der Waals surface area contributed by atoms with Gasteiger partial charge in [-0.15, -0.1) is 0 Å². The molecule has 2 aliphatic carbocycles. The highest BCUT2D eigenvalue weighted by Gasteiger charge is 2.62. The molecule has 0 aromatic heterocycles. The summed E-state index contributed by atoms with van der Waals surface area (Å²) >= 11 is 0. The van der Waals surface area contributed by atoms with E-state index in [4.69, 9.17) is 4.43 Å². The van der Waals surface area contributed by atoms with Crippen LogP contribution in [0.3, 0.4) is 0 Å². The van der Waals surface area contributed by atoms with Gasteiger partial charge in [-0.3, -0.25) is 0 Å². The van der Waals surface area contributed by atoms with E-state index in [1.165, 1.54) is 16.8 Å². The number of fused-ring (bicyclic) bond motifs is 1. The van der Waals surface area contributed by atoms with Gasteiger partial charge in [-0.1, -0.05) is 81.4 Å². The number of hydrogen-bond donors (Lipinski definition) is 1. The third-order valence-electron chi connectivity index (χ3n) is 6.62. The lowest BCUT2D eigenvalue weighted by molar-refractivity contribution is 0.145. The van der Waals surface area contributed by atoms with E-state index in [2.05, 4.69) is 81.4 Å². The molecule has 1 N–H and O–H groups in total. The summed E-state index contributed by atoms with van der Waals surface area (Å²) in [5, 5.41) is 12.5. The first-order valence-corrected chi connectivity index (χ1v) is 11.7. The van der Waals surface area contributed by atoms with Gasteiger partial charge in [0.2, 0.25) is 0 Å². The van der Waals surface area contributed by atoms with Crippen LogP contribution in [0, 0.1) is 11.3 Å². The van der Waals surface area contributed by atoms with Gasteiger partial charge in [0.15, 0.2) is 0 Å². The summed E-state index contributed by atoms with van der Waals surface area (Å²) in [6.07, 6.45) is 3.56. The molecular weight excluding hydrogens is 336 g/mol. The van der Waals surface area contributed by atoms with Crippen LogP contribution in [0.5, 0.6) is 0 Å². The normalized spacial score (nSPS) is 28.0. The molecule has 0 bridgehead atoms. The summed E-state index contributed by atoms with van der Waals surface area (Å²) in [4.78, 5) is 0. The van der Waals surface area contributed by atoms with Crippen LogP contribution in [0.25, 0.3) is 0 Å². The first-order chi connectivity index (χ1) is 12.4. The summed E-state index contributed by atoms with van der Waals surface area (Å²) in [5.74, 6) is 0.663. The van der Waals surface area contributed by atoms with E-state index in [1.807, 2.05) is 0 Å². The van der Waals surface area contributed by atoms with Crippen molar-refractivity contribution in [2.75, 3.05) is 6.61 Å². The molecule has 0 amide bonds. The highest BCUT2D eigenvalue weighted by atomic mass is 28.4. The van der Waals surface area contributed by atoms with E-state index in [0.717, 1.165) is 12.8 Å². The molecule has 0 heterocycles. The van der Waals surface area contributed by atoms with Crippen molar-refractivity contribution in [3.63, 3.8) is 0 Å². The van der Waals surface area contributed by atoms with Crippen LogP contribution in [0.15, 0.2) is 60.7 Å². The number of aliphatic hydroxyl groups is 1. The molecule has 2 fully saturated rings. The van der Waals surface area contributed by atoms with Gasteiger partial charge in [-0.2, -0.15) is 0 Å². The second-order valence-corrected chi connectivity index (χ2v) is 13.5. The molecule has 2 nitrogen and oxygen atoms in total. The van der Waals surface area contributed by atoms with Gasteiger partial charge in [0.25, 0.3) is 8.32 Å². The lowest BCUT2D eigenvalue weighted by Crippen LogP contribution is -2.67. The second-order valence-electron chi connectivity index (χ2n) is 9.26. The van der Waals surface area contributed by atoms with Crippen molar-refractivity contribution in [1.82, 2.24) is 0 Å². The highest BCUT2D eigenvalue weighted by Crippen LogP contribution is 2.64. The largest absolute Gasteiger partial charge is 0.404 e. The zero-order valence-electron chi connectivity index (χ0n) is 16.1. The molecule has 0 unspecified atom stereocenters. The predicted molar refractivity (Wildman–Crippen MR) is 109 cm³/mol. The minimum atomic E-state index is -2.45. The number of aliphatic hydroxyl groups excluding tert-OH is 1. The first-order valence-electron chi connectivity index (χ1n) is 9.81. The molecule has 138 valence electrons. The maximum atomic E-state index is 9.83. The van der Waals surface area contributed by atoms with Gasteiger partial charge in [0, 0.05) is 12.7 Å². The van der Waals surface area contributed by atoms with Crippen LogP contribution < -0.4 is 10.4 Å². The molecule has 0 saturated heterocycles. The van der Waals surface area contributed by atoms with Crippen molar-refractivity contribution in [3.05, 3.63) is 60.7 Å². The second kappa shape index (κ2) is 6.33. The van der Waals surface area contributed by atoms with Crippen molar-refractivity contribution in [3.8, 4) is 0 Å². The monoisotopic (exact) mass is 366 g/mol. The van der Waals surface area contributed by atoms with Crippen molar-refractivity contribution in [1.29, 1.82) is 0 Å². The fourth-order valence-corrected chi connectivity index (χ4v) is 9.85. The van der Waals surface area contributed by atoms with Gasteiger partial charge in [0.1, 0.15) is 0 Å². The smallest absolute Gasteiger partial charge is 0.261 e. The van der Waals surface area contributed by atoms with E-state index in [1.54, 1.807) is 0 Å². The minimum Gasteiger partial charge on any atom is -0.404 e. The fourth-order valence-electron chi connectivity index (χ4n) is 5.16. The maximum Gasteiger partial charge on any atom is 0.261 e. The Hall–Kier alpha value is -1.42. The van der Waals surface area contributed by atoms with Gasteiger partial charge < -0.3 is 9.53 Å². The Labute approximate surface area is 158 Å². The molecule has 0 radical (unpaired) electrons. The van der Waals surface area contributed by atoms with Crippen LogP contribution in [-0.2, 0) is 4.43 Å². The van der Waals surface area contributed by atoms with E-state index in [0.29, 0.717) is 12.5 Å². The summed E-state index contributed by atoms with van der Waals surface area (Å²) in [6.45, 7) is 7.31. The van der Waals surface area contributed by atoms with E-state index < -0.39 is 8.32 Å². The Morgan fingerprint density at radius 1 is 0.962 bits per heavy atom. The van der Waals surface area contributed by atoms with Gasteiger partial charge in [-0.25, -0.2) is 0 Å². The summed E-state index contributed by atoms with van der Waals surface area (Å²) in [6, 6.07) is 21.7. The topological polar surface area (TPSA) is 29.5 Å². The molecule has 3 atom stereocenters. The van der Waals surface area contributed by atoms with Gasteiger partial charge in [0.05, 0.1) is 0 Å². The Balaban J connectivity index is 1.79. The SMILES string of the molecule is CC(C)(C)[Si](O[C@H]1C[C@@H]2C[C@]2(CO)C1)(c1ccccc1)c1ccccc1. The maximum absolute atomic E-state index is 9.83. The van der Waals surface area contributed by atoms with Gasteiger partial charge in [-0.05, 0) is 46.0 Å². The van der Waals surface area contributed by atoms with Crippen molar-refractivity contribution >= 4 is 18.7 Å². The molecule has 3 heteroatoms. The minimum absolute atomic E-state index is 0.0227. The molecule has 4 rings (SSSR count). The predicted octanol–water partition coefficient (Wildman–Crippen LogP) is 3.72. The Kier molecular flexibility index (Phi) is 4.37. The Bertz CT molecular complexity index is 709. The van der Waals surface area contributed by atoms with Gasteiger partial charge >= 0.3 is 0 Å². The van der Waals surface area contributed by atoms with Crippen LogP contribution in [0.1, 0.15) is 40.0 Å². The Morgan fingerprint density at radius 3 is 1.92 bits per heavy atom. The van der Waals surface area contributed by atoms with Crippen molar-refractivity contribution in [2.24, 2.45) is 11.3 Å². The molecule has 0 spiro atoms. The van der Waals surface area contributed by atoms with Crippen LogP contribution in [0.2, 0.25) is 5.04 Å². The Morgan fingerprint density at radius 2 is 1.50 bits per heavy atom. The lowest BCUT2D eigenvalue weighted by Gasteiger charge is -2.45. The number of benzene rings is 2. The zero-order valence-corrected chi connectivity index (χ0v) is 17.1. The van der Waals surface area contributed by atoms with Crippen LogP contribution >= 0.6 is 0 Å². The molecule has 2 aliphatic rings. The molecular formula is C23H30O2Si. The summed E-state index contributed by atoms with van der Waals surface area (Å²) in [5.41, 5.74) is 0.163. The third-order valence-corrected chi connectivity index (χ3v) is 11.7. The van der Waals surface area contributed by atoms with E-state index >= 15 is 0 Å². The summed E-state index contributed by atoms with van der Waals surface area (Å²) in [7, 11) is -2.45. The van der Waals surface area contributed by atoms with Crippen LogP contribution in [-0.4, -0.2) is 26.1 Å². The van der Waals surface area contributed by atoms with Crippen LogP contribution in [0.4, 0.5) is 0 Å². The highest BCUT2D eigenvalue weighted by molar-refractivity contribution is 6.99. The average Bonchev–Trinajstić information content (AvgIpc) is 3.21. The van der Waals surface area contributed by atoms with Crippen molar-refractivity contribution < 1.29 is 9.53 Å². The quantitative estimate of drug-likeness (QED) is 0.817. The summed E-state index contributed by atoms with van der Waals surface area (Å²) < 4.78 is 7.19. The standard InChI is InChI=1S/C23H30O2Si/c1-22(2,3)26(20-10-6-4-7-11-20,21-12-8-5-9-13-21)25-19-14-18-15-23(18,16-19)17-24/h4-13,18-19,24H,14-17H2,1-3H3/t18-,19+,23-/m1/s1. The zero-order chi connectivity index (χ0) is 18.4. The molecule has 0 aliphatic heterocycles. The molecule has 2 aromatic rings. The molecule has 2 aromatic carbocycles. The molecule has 2 saturated carbocycles. The van der Waals surface area contributed by atoms with E-state index in [-0.39, 0.29) is 16.6 Å². The lowest BCUT2D eigenvalue weighted by atomic mass is 10.1. The first kappa shape index (κ1) is 18.0. The fraction of sp³-hybridized carbons (Fsp3) is 0.478. The van der Waals surface area contributed by atoms with Crippen molar-refractivity contribution in [2.45, 2.75) is 51.2 Å². The number of hydrogen-bond acceptors (Lipinski definition) is 2. The average molecular weight is 367 g/mol. The molecule has 26 heavy (non-hydrogen) atoms.